The summed E-state index contributed by atoms with van der Waals surface area (Å²) in [6.45, 7) is 1.17. The van der Waals surface area contributed by atoms with E-state index in [0.29, 0.717) is 26.1 Å². The van der Waals surface area contributed by atoms with Crippen LogP contribution in [0.5, 0.6) is 0 Å². The summed E-state index contributed by atoms with van der Waals surface area (Å²) in [6.07, 6.45) is 3.76. The SMILES string of the molecule is O=C(O)/C=C/NC1(CO)CCOCC1. The highest BCUT2D eigenvalue weighted by Gasteiger charge is 2.30. The molecule has 1 fully saturated rings. The number of carboxylic acid groups (broad SMARTS) is 1. The van der Waals surface area contributed by atoms with Crippen LogP contribution in [0.1, 0.15) is 12.8 Å². The number of ether oxygens (including phenoxy) is 1. The van der Waals surface area contributed by atoms with Crippen molar-refractivity contribution < 1.29 is 19.7 Å². The minimum atomic E-state index is -1.00. The molecule has 1 heterocycles. The fraction of sp³-hybridized carbons (Fsp3) is 0.667. The standard InChI is InChI=1S/C9H15NO4/c11-7-9(2-5-14-6-3-9)10-4-1-8(12)13/h1,4,10-11H,2-3,5-7H2,(H,12,13)/b4-1+. The average molecular weight is 201 g/mol. The minimum absolute atomic E-state index is 0.0136. The molecule has 0 spiro atoms. The number of aliphatic hydroxyl groups is 1. The van der Waals surface area contributed by atoms with Crippen molar-refractivity contribution in [1.29, 1.82) is 0 Å². The average Bonchev–Trinajstić information content (AvgIpc) is 2.19. The molecule has 0 unspecified atom stereocenters. The Labute approximate surface area is 82.4 Å². The fourth-order valence-electron chi connectivity index (χ4n) is 1.40. The van der Waals surface area contributed by atoms with Gasteiger partial charge in [-0.05, 0) is 12.8 Å². The van der Waals surface area contributed by atoms with Gasteiger partial charge in [0.25, 0.3) is 0 Å². The third-order valence-corrected chi connectivity index (χ3v) is 2.37. The van der Waals surface area contributed by atoms with Crippen LogP contribution in [0.3, 0.4) is 0 Å². The van der Waals surface area contributed by atoms with Gasteiger partial charge in [0, 0.05) is 25.5 Å². The summed E-state index contributed by atoms with van der Waals surface area (Å²) in [6, 6.07) is 0. The van der Waals surface area contributed by atoms with Gasteiger partial charge < -0.3 is 20.3 Å². The molecule has 1 rings (SSSR count). The van der Waals surface area contributed by atoms with Crippen LogP contribution in [0, 0.1) is 0 Å². The molecule has 0 amide bonds. The maximum Gasteiger partial charge on any atom is 0.329 e. The van der Waals surface area contributed by atoms with Gasteiger partial charge in [-0.15, -0.1) is 0 Å². The molecule has 0 radical (unpaired) electrons. The molecule has 1 aliphatic rings. The quantitative estimate of drug-likeness (QED) is 0.545. The fourth-order valence-corrected chi connectivity index (χ4v) is 1.40. The first-order valence-electron chi connectivity index (χ1n) is 4.54. The van der Waals surface area contributed by atoms with Gasteiger partial charge in [0.2, 0.25) is 0 Å². The first-order valence-corrected chi connectivity index (χ1v) is 4.54. The number of rotatable bonds is 4. The zero-order chi connectivity index (χ0) is 10.4. The minimum Gasteiger partial charge on any atom is -0.478 e. The van der Waals surface area contributed by atoms with E-state index in [2.05, 4.69) is 5.32 Å². The summed E-state index contributed by atoms with van der Waals surface area (Å²) in [5.41, 5.74) is -0.412. The molecule has 0 saturated carbocycles. The highest BCUT2D eigenvalue weighted by Crippen LogP contribution is 2.19. The van der Waals surface area contributed by atoms with Gasteiger partial charge in [0.1, 0.15) is 0 Å². The van der Waals surface area contributed by atoms with Crippen LogP contribution in [0.2, 0.25) is 0 Å². The summed E-state index contributed by atoms with van der Waals surface area (Å²) in [4.78, 5) is 10.2. The number of carbonyl (C=O) groups is 1. The van der Waals surface area contributed by atoms with Crippen molar-refractivity contribution >= 4 is 5.97 Å². The Morgan fingerprint density at radius 3 is 2.64 bits per heavy atom. The lowest BCUT2D eigenvalue weighted by Gasteiger charge is -2.35. The molecule has 5 heteroatoms. The maximum absolute atomic E-state index is 10.2. The van der Waals surface area contributed by atoms with Gasteiger partial charge in [-0.25, -0.2) is 4.79 Å². The molecule has 0 aromatic rings. The molecule has 0 bridgehead atoms. The molecule has 80 valence electrons. The van der Waals surface area contributed by atoms with Gasteiger partial charge in [-0.2, -0.15) is 0 Å². The van der Waals surface area contributed by atoms with Gasteiger partial charge >= 0.3 is 5.97 Å². The number of hydrogen-bond acceptors (Lipinski definition) is 4. The second-order valence-corrected chi connectivity index (χ2v) is 3.37. The predicted molar refractivity (Wildman–Crippen MR) is 49.8 cm³/mol. The third-order valence-electron chi connectivity index (χ3n) is 2.37. The smallest absolute Gasteiger partial charge is 0.329 e. The van der Waals surface area contributed by atoms with E-state index in [0.717, 1.165) is 6.08 Å². The summed E-state index contributed by atoms with van der Waals surface area (Å²) >= 11 is 0. The van der Waals surface area contributed by atoms with Crippen LogP contribution in [-0.4, -0.2) is 41.5 Å². The van der Waals surface area contributed by atoms with Crippen LogP contribution in [0.15, 0.2) is 12.3 Å². The second kappa shape index (κ2) is 4.97. The van der Waals surface area contributed by atoms with Crippen molar-refractivity contribution in [3.63, 3.8) is 0 Å². The van der Waals surface area contributed by atoms with Crippen molar-refractivity contribution in [2.24, 2.45) is 0 Å². The predicted octanol–water partition coefficient (Wildman–Crippen LogP) is -0.284. The van der Waals surface area contributed by atoms with Crippen molar-refractivity contribution in [1.82, 2.24) is 5.32 Å². The van der Waals surface area contributed by atoms with Crippen LogP contribution < -0.4 is 5.32 Å². The largest absolute Gasteiger partial charge is 0.478 e. The summed E-state index contributed by atoms with van der Waals surface area (Å²) in [5, 5.41) is 20.5. The summed E-state index contributed by atoms with van der Waals surface area (Å²) < 4.78 is 5.16. The lowest BCUT2D eigenvalue weighted by atomic mass is 9.91. The highest BCUT2D eigenvalue weighted by molar-refractivity contribution is 5.79. The molecule has 5 nitrogen and oxygen atoms in total. The van der Waals surface area contributed by atoms with E-state index < -0.39 is 11.5 Å². The molecule has 14 heavy (non-hydrogen) atoms. The lowest BCUT2D eigenvalue weighted by Crippen LogP contribution is -2.50. The topological polar surface area (TPSA) is 78.8 Å². The normalized spacial score (nSPS) is 20.9. The summed E-state index contributed by atoms with van der Waals surface area (Å²) in [7, 11) is 0. The number of hydrogen-bond donors (Lipinski definition) is 3. The van der Waals surface area contributed by atoms with E-state index in [-0.39, 0.29) is 6.61 Å². The van der Waals surface area contributed by atoms with Gasteiger partial charge in [0.15, 0.2) is 0 Å². The van der Waals surface area contributed by atoms with E-state index in [4.69, 9.17) is 9.84 Å². The van der Waals surface area contributed by atoms with Crippen LogP contribution >= 0.6 is 0 Å². The van der Waals surface area contributed by atoms with Crippen LogP contribution in [0.4, 0.5) is 0 Å². The van der Waals surface area contributed by atoms with Gasteiger partial charge in [0.05, 0.1) is 12.1 Å². The van der Waals surface area contributed by atoms with Crippen molar-refractivity contribution in [3.05, 3.63) is 12.3 Å². The first kappa shape index (κ1) is 11.0. The zero-order valence-corrected chi connectivity index (χ0v) is 7.90. The first-order chi connectivity index (χ1) is 6.68. The molecule has 1 aliphatic heterocycles. The Kier molecular flexibility index (Phi) is 3.91. The zero-order valence-electron chi connectivity index (χ0n) is 7.90. The van der Waals surface area contributed by atoms with E-state index in [1.165, 1.54) is 6.20 Å². The number of aliphatic hydroxyl groups excluding tert-OH is 1. The van der Waals surface area contributed by atoms with Crippen LogP contribution in [0.25, 0.3) is 0 Å². The van der Waals surface area contributed by atoms with Gasteiger partial charge in [-0.3, -0.25) is 0 Å². The van der Waals surface area contributed by atoms with E-state index in [1.807, 2.05) is 0 Å². The molecule has 1 saturated heterocycles. The third kappa shape index (κ3) is 3.01. The molecule has 0 aromatic carbocycles. The molecular weight excluding hydrogens is 186 g/mol. The lowest BCUT2D eigenvalue weighted by molar-refractivity contribution is -0.131. The second-order valence-electron chi connectivity index (χ2n) is 3.37. The highest BCUT2D eigenvalue weighted by atomic mass is 16.5. The van der Waals surface area contributed by atoms with E-state index >= 15 is 0 Å². The Balaban J connectivity index is 2.47. The van der Waals surface area contributed by atoms with Crippen molar-refractivity contribution in [2.75, 3.05) is 19.8 Å². The van der Waals surface area contributed by atoms with Crippen molar-refractivity contribution in [3.8, 4) is 0 Å². The number of carboxylic acids is 1. The summed E-state index contributed by atoms with van der Waals surface area (Å²) in [5.74, 6) is -1.00. The molecule has 0 aromatic heterocycles. The van der Waals surface area contributed by atoms with E-state index in [9.17, 15) is 9.90 Å². The monoisotopic (exact) mass is 201 g/mol. The number of nitrogens with one attached hydrogen (secondary N) is 1. The van der Waals surface area contributed by atoms with Gasteiger partial charge in [-0.1, -0.05) is 0 Å². The Hall–Kier alpha value is -1.07. The Bertz CT molecular complexity index is 221. The molecule has 0 atom stereocenters. The molecular formula is C9H15NO4. The van der Waals surface area contributed by atoms with Crippen molar-refractivity contribution in [2.45, 2.75) is 18.4 Å². The maximum atomic E-state index is 10.2. The number of aliphatic carboxylic acids is 1. The molecule has 3 N–H and O–H groups in total. The van der Waals surface area contributed by atoms with Crippen LogP contribution in [-0.2, 0) is 9.53 Å². The Morgan fingerprint density at radius 2 is 2.14 bits per heavy atom. The molecule has 0 aliphatic carbocycles. The van der Waals surface area contributed by atoms with E-state index in [1.54, 1.807) is 0 Å². The Morgan fingerprint density at radius 1 is 1.50 bits per heavy atom.